The first kappa shape index (κ1) is 39.9. The van der Waals surface area contributed by atoms with Crippen molar-refractivity contribution < 1.29 is 15.2 Å². The maximum absolute atomic E-state index is 11.9. The van der Waals surface area contributed by atoms with Crippen molar-refractivity contribution >= 4 is 28.1 Å². The number of benzene rings is 4. The molecular formula is C47H58N3O2+. The van der Waals surface area contributed by atoms with Gasteiger partial charge in [0.2, 0.25) is 0 Å². The molecule has 0 aromatic heterocycles. The highest BCUT2D eigenvalue weighted by molar-refractivity contribution is 5.99. The minimum Gasteiger partial charge on any atom is -0.481 e. The van der Waals surface area contributed by atoms with Crippen molar-refractivity contribution in [3.8, 4) is 6.07 Å². The fourth-order valence-corrected chi connectivity index (χ4v) is 7.63. The predicted octanol–water partition coefficient (Wildman–Crippen LogP) is 10.7. The van der Waals surface area contributed by atoms with Crippen LogP contribution in [-0.4, -0.2) is 24.2 Å². The van der Waals surface area contributed by atoms with E-state index in [4.69, 9.17) is 0 Å². The molecule has 5 heteroatoms. The van der Waals surface area contributed by atoms with Gasteiger partial charge >= 0.3 is 5.97 Å². The third kappa shape index (κ3) is 9.29. The lowest BCUT2D eigenvalue weighted by Gasteiger charge is -2.30. The summed E-state index contributed by atoms with van der Waals surface area (Å²) in [5.74, 6) is -0.834. The van der Waals surface area contributed by atoms with Crippen LogP contribution in [0.3, 0.4) is 0 Å². The normalized spacial score (nSPS) is 17.4. The van der Waals surface area contributed by atoms with Gasteiger partial charge in [-0.05, 0) is 73.4 Å². The van der Waals surface area contributed by atoms with Gasteiger partial charge in [-0.2, -0.15) is 5.26 Å². The number of hydrogen-bond donors (Lipinski definition) is 2. The molecule has 272 valence electrons. The van der Waals surface area contributed by atoms with Crippen molar-refractivity contribution in [1.82, 2.24) is 0 Å². The van der Waals surface area contributed by atoms with Crippen LogP contribution in [-0.2, 0) is 22.0 Å². The van der Waals surface area contributed by atoms with E-state index in [9.17, 15) is 15.2 Å². The summed E-state index contributed by atoms with van der Waals surface area (Å²) in [7, 11) is 0. The molecule has 52 heavy (non-hydrogen) atoms. The van der Waals surface area contributed by atoms with Crippen LogP contribution in [0.1, 0.15) is 96.8 Å². The largest absolute Gasteiger partial charge is 0.481 e. The van der Waals surface area contributed by atoms with Crippen LogP contribution in [0.5, 0.6) is 0 Å². The van der Waals surface area contributed by atoms with Crippen molar-refractivity contribution in [3.63, 3.8) is 0 Å². The van der Waals surface area contributed by atoms with Crippen molar-refractivity contribution in [2.45, 2.75) is 97.3 Å². The standard InChI is InChI=1S/C45H51N3O2.C2H6/c1-5-7-28-44(3,38-21-13-14-22-40(38)47-30-6-2)29-15-18-35(33-46)23-26-41-45(4,32-34-16-9-8-10-17-34)39-25-24-36-19-11-12-20-37(36)43(39)48(41)31-27-42(49)50;1-2/h8-26,47H,5-7,27-32H2,1-4H3,(H,49,50);1-2H3/p+1/b18-15+,35-23-,41-26+;. The van der Waals surface area contributed by atoms with Gasteiger partial charge in [0.05, 0.1) is 30.3 Å². The first-order valence-corrected chi connectivity index (χ1v) is 19.2. The van der Waals surface area contributed by atoms with Crippen LogP contribution in [0.4, 0.5) is 11.4 Å². The van der Waals surface area contributed by atoms with Gasteiger partial charge in [-0.3, -0.25) is 4.79 Å². The number of fused-ring (bicyclic) bond motifs is 3. The van der Waals surface area contributed by atoms with Crippen LogP contribution in [0.25, 0.3) is 10.8 Å². The molecule has 0 amide bonds. The molecule has 0 radical (unpaired) electrons. The van der Waals surface area contributed by atoms with Crippen LogP contribution in [0, 0.1) is 11.3 Å². The summed E-state index contributed by atoms with van der Waals surface area (Å²) in [4.78, 5) is 14.1. The molecule has 0 saturated carbocycles. The number of anilines is 1. The second-order valence-corrected chi connectivity index (χ2v) is 14.1. The molecule has 0 fully saturated rings. The number of nitrogens with zero attached hydrogens (tertiary/aromatic N) is 2. The molecule has 2 unspecified atom stereocenters. The molecule has 4 aromatic rings. The van der Waals surface area contributed by atoms with E-state index in [2.05, 4.69) is 129 Å². The highest BCUT2D eigenvalue weighted by atomic mass is 16.4. The number of carbonyl (C=O) groups is 1. The predicted molar refractivity (Wildman–Crippen MR) is 218 cm³/mol. The molecule has 1 aliphatic heterocycles. The SMILES string of the molecule is CC.CCCCC(C)(C/C=C/C(C#N)=C/C=C1/N(CCC(=O)O)c2c(ccc3ccccc23)C1(C)Cc1ccccc1)c1ccccc1[NH2+]CCC. The third-order valence-electron chi connectivity index (χ3n) is 10.3. The number of nitrogens with two attached hydrogens (primary N) is 1. The van der Waals surface area contributed by atoms with Gasteiger partial charge in [-0.1, -0.05) is 138 Å². The van der Waals surface area contributed by atoms with Crippen LogP contribution >= 0.6 is 0 Å². The number of carboxylic acids is 1. The lowest BCUT2D eigenvalue weighted by Crippen LogP contribution is -2.78. The topological polar surface area (TPSA) is 80.9 Å². The second kappa shape index (κ2) is 19.1. The molecule has 0 saturated heterocycles. The molecule has 3 N–H and O–H groups in total. The highest BCUT2D eigenvalue weighted by Gasteiger charge is 2.44. The molecule has 0 spiro atoms. The maximum atomic E-state index is 11.9. The number of para-hydroxylation sites is 1. The van der Waals surface area contributed by atoms with Crippen molar-refractivity contribution in [1.29, 1.82) is 5.26 Å². The zero-order valence-electron chi connectivity index (χ0n) is 32.2. The molecule has 5 nitrogen and oxygen atoms in total. The van der Waals surface area contributed by atoms with Gasteiger partial charge in [0.15, 0.2) is 0 Å². The minimum absolute atomic E-state index is 0.00361. The van der Waals surface area contributed by atoms with Gasteiger partial charge in [-0.25, -0.2) is 0 Å². The van der Waals surface area contributed by atoms with E-state index in [1.165, 1.54) is 22.4 Å². The summed E-state index contributed by atoms with van der Waals surface area (Å²) in [6, 6.07) is 34.4. The van der Waals surface area contributed by atoms with Crippen molar-refractivity contribution in [2.75, 3.05) is 18.0 Å². The molecule has 5 rings (SSSR count). The monoisotopic (exact) mass is 696 g/mol. The van der Waals surface area contributed by atoms with E-state index >= 15 is 0 Å². The first-order valence-electron chi connectivity index (χ1n) is 19.2. The summed E-state index contributed by atoms with van der Waals surface area (Å²) in [6.45, 7) is 14.5. The average molecular weight is 697 g/mol. The molecule has 0 bridgehead atoms. The number of hydrogen-bond acceptors (Lipinski definition) is 3. The second-order valence-electron chi connectivity index (χ2n) is 14.1. The lowest BCUT2D eigenvalue weighted by atomic mass is 9.74. The summed E-state index contributed by atoms with van der Waals surface area (Å²) in [5, 5.41) is 24.7. The summed E-state index contributed by atoms with van der Waals surface area (Å²) in [5.41, 5.74) is 7.19. The maximum Gasteiger partial charge on any atom is 0.305 e. The number of rotatable bonds is 16. The molecule has 0 aliphatic carbocycles. The van der Waals surface area contributed by atoms with Crippen LogP contribution in [0.15, 0.2) is 127 Å². The fourth-order valence-electron chi connectivity index (χ4n) is 7.63. The Kier molecular flexibility index (Phi) is 14.6. The molecule has 1 aliphatic rings. The van der Waals surface area contributed by atoms with E-state index in [1.54, 1.807) is 0 Å². The molecular weight excluding hydrogens is 639 g/mol. The molecule has 2 atom stereocenters. The highest BCUT2D eigenvalue weighted by Crippen LogP contribution is 2.52. The van der Waals surface area contributed by atoms with Crippen LogP contribution in [0.2, 0.25) is 0 Å². The Morgan fingerprint density at radius 2 is 1.67 bits per heavy atom. The van der Waals surface area contributed by atoms with Gasteiger partial charge < -0.3 is 15.3 Å². The van der Waals surface area contributed by atoms with Gasteiger partial charge in [0, 0.05) is 34.0 Å². The molecule has 4 aromatic carbocycles. The summed E-state index contributed by atoms with van der Waals surface area (Å²) < 4.78 is 0. The third-order valence-corrected chi connectivity index (χ3v) is 10.3. The Balaban J connectivity index is 0.00000297. The smallest absolute Gasteiger partial charge is 0.305 e. The first-order chi connectivity index (χ1) is 25.2. The van der Waals surface area contributed by atoms with Crippen molar-refractivity contribution in [2.24, 2.45) is 0 Å². The number of nitriles is 1. The molecule has 1 heterocycles. The number of carboxylic acid groups (broad SMARTS) is 1. The Morgan fingerprint density at radius 1 is 0.962 bits per heavy atom. The lowest BCUT2D eigenvalue weighted by molar-refractivity contribution is -0.572. The van der Waals surface area contributed by atoms with E-state index in [0.717, 1.165) is 67.2 Å². The zero-order valence-corrected chi connectivity index (χ0v) is 32.2. The Bertz CT molecular complexity index is 1920. The quantitative estimate of drug-likeness (QED) is 0.0694. The fraction of sp³-hybridized carbons (Fsp3) is 0.362. The van der Waals surface area contributed by atoms with Gasteiger partial charge in [0.1, 0.15) is 5.69 Å². The van der Waals surface area contributed by atoms with E-state index < -0.39 is 11.4 Å². The Morgan fingerprint density at radius 3 is 2.38 bits per heavy atom. The van der Waals surface area contributed by atoms with E-state index in [1.807, 2.05) is 44.2 Å². The minimum atomic E-state index is -0.834. The van der Waals surface area contributed by atoms with E-state index in [-0.39, 0.29) is 11.8 Å². The van der Waals surface area contributed by atoms with Crippen LogP contribution < -0.4 is 10.2 Å². The summed E-state index contributed by atoms with van der Waals surface area (Å²) in [6.07, 6.45) is 14.2. The average Bonchev–Trinajstić information content (AvgIpc) is 3.41. The number of aliphatic carboxylic acids is 1. The zero-order chi connectivity index (χ0) is 37.6. The number of unbranched alkanes of at least 4 members (excludes halogenated alkanes) is 1. The number of quaternary nitrogens is 1. The van der Waals surface area contributed by atoms with Crippen molar-refractivity contribution in [3.05, 3.63) is 143 Å². The Labute approximate surface area is 312 Å². The Hall–Kier alpha value is -4.92. The van der Waals surface area contributed by atoms with E-state index in [0.29, 0.717) is 12.1 Å². The van der Waals surface area contributed by atoms with Gasteiger partial charge in [-0.15, -0.1) is 0 Å². The number of allylic oxidation sites excluding steroid dienone is 6. The summed E-state index contributed by atoms with van der Waals surface area (Å²) >= 11 is 0. The van der Waals surface area contributed by atoms with Gasteiger partial charge in [0.25, 0.3) is 0 Å².